The van der Waals surface area contributed by atoms with Gasteiger partial charge in [-0.3, -0.25) is 19.8 Å². The van der Waals surface area contributed by atoms with Crippen molar-refractivity contribution < 1.29 is 9.21 Å². The molecule has 2 atom stereocenters. The largest absolute Gasteiger partial charge is 0.451 e. The fourth-order valence-electron chi connectivity index (χ4n) is 4.13. The molecule has 2 aromatic heterocycles. The molecule has 1 aromatic carbocycles. The number of anilines is 1. The first-order valence-corrected chi connectivity index (χ1v) is 10.8. The Morgan fingerprint density at radius 2 is 2.03 bits per heavy atom. The van der Waals surface area contributed by atoms with Gasteiger partial charge in [0.2, 0.25) is 0 Å². The summed E-state index contributed by atoms with van der Waals surface area (Å²) < 4.78 is 5.64. The Morgan fingerprint density at radius 3 is 2.79 bits per heavy atom. The highest BCUT2D eigenvalue weighted by atomic mass is 32.1. The van der Waals surface area contributed by atoms with E-state index in [1.807, 2.05) is 18.4 Å². The lowest BCUT2D eigenvalue weighted by Gasteiger charge is -2.34. The number of benzene rings is 1. The maximum absolute atomic E-state index is 12.6. The highest BCUT2D eigenvalue weighted by molar-refractivity contribution is 7.13. The van der Waals surface area contributed by atoms with Crippen molar-refractivity contribution in [3.63, 3.8) is 0 Å². The Morgan fingerprint density at radius 1 is 1.28 bits per heavy atom. The van der Waals surface area contributed by atoms with E-state index in [-0.39, 0.29) is 11.2 Å². The molecule has 0 unspecified atom stereocenters. The molecule has 4 rings (SSSR count). The molecule has 1 N–H and O–H groups in total. The molecule has 6 nitrogen and oxygen atoms in total. The first-order valence-electron chi connectivity index (χ1n) is 9.90. The molecule has 1 amide bonds. The Kier molecular flexibility index (Phi) is 5.52. The van der Waals surface area contributed by atoms with E-state index in [1.54, 1.807) is 12.1 Å². The second-order valence-electron chi connectivity index (χ2n) is 8.21. The highest BCUT2D eigenvalue weighted by Gasteiger charge is 2.22. The van der Waals surface area contributed by atoms with Crippen LogP contribution in [0.4, 0.5) is 5.13 Å². The van der Waals surface area contributed by atoms with Crippen LogP contribution < -0.4 is 10.7 Å². The number of aryl methyl sites for hydroxylation is 1. The van der Waals surface area contributed by atoms with Crippen LogP contribution in [-0.2, 0) is 6.54 Å². The molecule has 3 heterocycles. The van der Waals surface area contributed by atoms with E-state index in [0.717, 1.165) is 30.9 Å². The van der Waals surface area contributed by atoms with Gasteiger partial charge >= 0.3 is 0 Å². The number of thiazole rings is 1. The molecule has 0 aliphatic carbocycles. The molecule has 1 saturated heterocycles. The minimum atomic E-state index is -0.467. The first-order chi connectivity index (χ1) is 13.9. The number of carbonyl (C=O) groups is 1. The molecular formula is C22H25N3O3S. The number of aromatic nitrogens is 1. The molecule has 29 heavy (non-hydrogen) atoms. The van der Waals surface area contributed by atoms with Gasteiger partial charge in [-0.2, -0.15) is 0 Å². The van der Waals surface area contributed by atoms with Crippen molar-refractivity contribution in [2.24, 2.45) is 11.8 Å². The van der Waals surface area contributed by atoms with E-state index in [4.69, 9.17) is 4.42 Å². The van der Waals surface area contributed by atoms with Gasteiger partial charge in [0, 0.05) is 31.1 Å². The summed E-state index contributed by atoms with van der Waals surface area (Å²) in [5.74, 6) is 0.903. The SMILES string of the molecule is Cc1ccc2oc(C(=O)Nc3nc(CN4C[C@H](C)C[C@H](C)C4)cs3)cc(=O)c2c1. The predicted molar refractivity (Wildman–Crippen MR) is 116 cm³/mol. The maximum atomic E-state index is 12.6. The van der Waals surface area contributed by atoms with Crippen molar-refractivity contribution in [2.75, 3.05) is 18.4 Å². The lowest BCUT2D eigenvalue weighted by molar-refractivity contribution is 0.0997. The third kappa shape index (κ3) is 4.57. The third-order valence-electron chi connectivity index (χ3n) is 5.21. The average Bonchev–Trinajstić information content (AvgIpc) is 3.08. The Hall–Kier alpha value is -2.51. The summed E-state index contributed by atoms with van der Waals surface area (Å²) in [6.45, 7) is 9.41. The van der Waals surface area contributed by atoms with Crippen LogP contribution in [0.15, 0.2) is 38.9 Å². The summed E-state index contributed by atoms with van der Waals surface area (Å²) in [6.07, 6.45) is 1.27. The van der Waals surface area contributed by atoms with Crippen molar-refractivity contribution >= 4 is 33.3 Å². The zero-order valence-electron chi connectivity index (χ0n) is 16.9. The fraction of sp³-hybridized carbons (Fsp3) is 0.409. The van der Waals surface area contributed by atoms with Crippen LogP contribution in [0, 0.1) is 18.8 Å². The molecule has 0 spiro atoms. The number of nitrogens with zero attached hydrogens (tertiary/aromatic N) is 2. The van der Waals surface area contributed by atoms with Crippen molar-refractivity contribution in [3.8, 4) is 0 Å². The number of carbonyl (C=O) groups excluding carboxylic acids is 1. The summed E-state index contributed by atoms with van der Waals surface area (Å²) >= 11 is 1.38. The van der Waals surface area contributed by atoms with E-state index in [1.165, 1.54) is 23.8 Å². The van der Waals surface area contributed by atoms with Gasteiger partial charge < -0.3 is 4.42 Å². The van der Waals surface area contributed by atoms with Crippen LogP contribution >= 0.6 is 11.3 Å². The molecule has 7 heteroatoms. The normalized spacial score (nSPS) is 20.1. The Balaban J connectivity index is 1.46. The topological polar surface area (TPSA) is 75.4 Å². The zero-order chi connectivity index (χ0) is 20.5. The highest BCUT2D eigenvalue weighted by Crippen LogP contribution is 2.24. The van der Waals surface area contributed by atoms with Gasteiger partial charge in [-0.05, 0) is 37.3 Å². The van der Waals surface area contributed by atoms with Crippen LogP contribution in [0.5, 0.6) is 0 Å². The van der Waals surface area contributed by atoms with Gasteiger partial charge in [0.25, 0.3) is 5.91 Å². The van der Waals surface area contributed by atoms with E-state index >= 15 is 0 Å². The molecule has 0 bridgehead atoms. The third-order valence-corrected chi connectivity index (χ3v) is 6.02. The Bertz CT molecular complexity index is 1090. The number of piperidine rings is 1. The van der Waals surface area contributed by atoms with Gasteiger partial charge in [-0.25, -0.2) is 4.98 Å². The molecule has 1 aliphatic heterocycles. The first kappa shape index (κ1) is 19.8. The maximum Gasteiger partial charge on any atom is 0.293 e. The van der Waals surface area contributed by atoms with Crippen molar-refractivity contribution in [1.82, 2.24) is 9.88 Å². The lowest BCUT2D eigenvalue weighted by Crippen LogP contribution is -2.38. The van der Waals surface area contributed by atoms with E-state index in [9.17, 15) is 9.59 Å². The summed E-state index contributed by atoms with van der Waals surface area (Å²) in [5, 5.41) is 5.71. The van der Waals surface area contributed by atoms with Gasteiger partial charge in [0.15, 0.2) is 16.3 Å². The molecular weight excluding hydrogens is 386 g/mol. The number of hydrogen-bond donors (Lipinski definition) is 1. The number of nitrogens with one attached hydrogen (secondary N) is 1. The minimum absolute atomic E-state index is 0.0122. The van der Waals surface area contributed by atoms with Crippen molar-refractivity contribution in [1.29, 1.82) is 0 Å². The van der Waals surface area contributed by atoms with Crippen molar-refractivity contribution in [3.05, 3.63) is 56.9 Å². The quantitative estimate of drug-likeness (QED) is 0.693. The number of rotatable bonds is 4. The average molecular weight is 412 g/mol. The van der Waals surface area contributed by atoms with Crippen LogP contribution in [0.1, 0.15) is 42.1 Å². The lowest BCUT2D eigenvalue weighted by atomic mass is 9.92. The molecule has 0 radical (unpaired) electrons. The van der Waals surface area contributed by atoms with Crippen LogP contribution in [0.3, 0.4) is 0 Å². The minimum Gasteiger partial charge on any atom is -0.451 e. The number of hydrogen-bond acceptors (Lipinski definition) is 6. The molecule has 3 aromatic rings. The van der Waals surface area contributed by atoms with Crippen LogP contribution in [-0.4, -0.2) is 28.9 Å². The van der Waals surface area contributed by atoms with Gasteiger partial charge in [0.1, 0.15) is 5.58 Å². The second kappa shape index (κ2) is 8.08. The number of amides is 1. The smallest absolute Gasteiger partial charge is 0.293 e. The monoisotopic (exact) mass is 411 g/mol. The molecule has 1 fully saturated rings. The van der Waals surface area contributed by atoms with E-state index in [0.29, 0.717) is 27.9 Å². The van der Waals surface area contributed by atoms with Gasteiger partial charge in [-0.1, -0.05) is 25.5 Å². The van der Waals surface area contributed by atoms with E-state index in [2.05, 4.69) is 29.0 Å². The fourth-order valence-corrected chi connectivity index (χ4v) is 4.82. The van der Waals surface area contributed by atoms with Crippen LogP contribution in [0.2, 0.25) is 0 Å². The van der Waals surface area contributed by atoms with Gasteiger partial charge in [0.05, 0.1) is 11.1 Å². The number of fused-ring (bicyclic) bond motifs is 1. The summed E-state index contributed by atoms with van der Waals surface area (Å²) in [6, 6.07) is 6.56. The summed E-state index contributed by atoms with van der Waals surface area (Å²) in [7, 11) is 0. The standard InChI is InChI=1S/C22H25N3O3S/c1-13-4-5-19-17(7-13)18(26)8-20(28-19)21(27)24-22-23-16(12-29-22)11-25-9-14(2)6-15(3)10-25/h4-5,7-8,12,14-15H,6,9-11H2,1-3H3,(H,23,24,27)/t14-,15+. The molecule has 152 valence electrons. The van der Waals surface area contributed by atoms with Crippen LogP contribution in [0.25, 0.3) is 11.0 Å². The van der Waals surface area contributed by atoms with Crippen molar-refractivity contribution in [2.45, 2.75) is 33.7 Å². The molecule has 0 saturated carbocycles. The van der Waals surface area contributed by atoms with E-state index < -0.39 is 5.91 Å². The predicted octanol–water partition coefficient (Wildman–Crippen LogP) is 4.29. The number of likely N-dealkylation sites (tertiary alicyclic amines) is 1. The summed E-state index contributed by atoms with van der Waals surface area (Å²) in [5.41, 5.74) is 2.09. The zero-order valence-corrected chi connectivity index (χ0v) is 17.7. The molecule has 1 aliphatic rings. The summed E-state index contributed by atoms with van der Waals surface area (Å²) in [4.78, 5) is 31.9. The van der Waals surface area contributed by atoms with Gasteiger partial charge in [-0.15, -0.1) is 11.3 Å². The second-order valence-corrected chi connectivity index (χ2v) is 9.07. The Labute approximate surface area is 173 Å².